The normalized spacial score (nSPS) is 48.0. The predicted molar refractivity (Wildman–Crippen MR) is 118 cm³/mol. The molecule has 0 aromatic rings. The zero-order valence-electron chi connectivity index (χ0n) is 19.2. The van der Waals surface area contributed by atoms with Gasteiger partial charge in [-0.3, -0.25) is 0 Å². The van der Waals surface area contributed by atoms with E-state index in [4.69, 9.17) is 0 Å². The minimum Gasteiger partial charge on any atom is -0.0628 e. The third-order valence-electron chi connectivity index (χ3n) is 10.8. The van der Waals surface area contributed by atoms with E-state index in [1.54, 1.807) is 51.4 Å². The summed E-state index contributed by atoms with van der Waals surface area (Å²) in [5.41, 5.74) is 1.39. The van der Waals surface area contributed by atoms with Gasteiger partial charge in [-0.05, 0) is 104 Å². The number of rotatable bonds is 5. The van der Waals surface area contributed by atoms with Crippen LogP contribution in [0.15, 0.2) is 0 Å². The molecule has 4 aliphatic carbocycles. The van der Waals surface area contributed by atoms with E-state index in [0.29, 0.717) is 10.8 Å². The molecule has 8 atom stereocenters. The van der Waals surface area contributed by atoms with Crippen LogP contribution in [0.2, 0.25) is 0 Å². The molecule has 0 amide bonds. The Kier molecular flexibility index (Phi) is 5.77. The Labute approximate surface area is 170 Å². The monoisotopic (exact) mass is 372 g/mol. The highest BCUT2D eigenvalue weighted by atomic mass is 14.6. The van der Waals surface area contributed by atoms with E-state index in [0.717, 1.165) is 41.4 Å². The van der Waals surface area contributed by atoms with Gasteiger partial charge >= 0.3 is 0 Å². The van der Waals surface area contributed by atoms with Crippen LogP contribution in [-0.2, 0) is 0 Å². The van der Waals surface area contributed by atoms with Crippen molar-refractivity contribution in [2.24, 2.45) is 52.3 Å². The molecule has 0 heterocycles. The van der Waals surface area contributed by atoms with Gasteiger partial charge in [0.2, 0.25) is 0 Å². The van der Waals surface area contributed by atoms with Gasteiger partial charge in [-0.25, -0.2) is 0 Å². The molecule has 0 aromatic carbocycles. The van der Waals surface area contributed by atoms with Crippen LogP contribution in [0, 0.1) is 52.3 Å². The molecule has 0 N–H and O–H groups in total. The van der Waals surface area contributed by atoms with Crippen molar-refractivity contribution < 1.29 is 0 Å². The summed E-state index contributed by atoms with van der Waals surface area (Å²) in [5.74, 6) is 7.15. The smallest absolute Gasteiger partial charge is 0.0264 e. The van der Waals surface area contributed by atoms with Gasteiger partial charge < -0.3 is 0 Å². The van der Waals surface area contributed by atoms with E-state index < -0.39 is 0 Å². The first-order valence-corrected chi connectivity index (χ1v) is 12.9. The van der Waals surface area contributed by atoms with Crippen LogP contribution < -0.4 is 0 Å². The summed E-state index contributed by atoms with van der Waals surface area (Å²) in [6, 6.07) is 0. The lowest BCUT2D eigenvalue weighted by molar-refractivity contribution is -0.114. The van der Waals surface area contributed by atoms with Crippen molar-refractivity contribution in [1.82, 2.24) is 0 Å². The fourth-order valence-corrected chi connectivity index (χ4v) is 9.32. The molecule has 0 nitrogen and oxygen atoms in total. The maximum Gasteiger partial charge on any atom is -0.0264 e. The second-order valence-electron chi connectivity index (χ2n) is 12.4. The van der Waals surface area contributed by atoms with Gasteiger partial charge in [-0.2, -0.15) is 0 Å². The van der Waals surface area contributed by atoms with Gasteiger partial charge in [0.25, 0.3) is 0 Å². The van der Waals surface area contributed by atoms with Crippen molar-refractivity contribution in [3.8, 4) is 0 Å². The van der Waals surface area contributed by atoms with Crippen molar-refractivity contribution in [3.05, 3.63) is 0 Å². The Hall–Kier alpha value is 0. The molecule has 27 heavy (non-hydrogen) atoms. The van der Waals surface area contributed by atoms with E-state index in [2.05, 4.69) is 34.6 Å². The molecule has 4 aliphatic rings. The summed E-state index contributed by atoms with van der Waals surface area (Å²) in [5, 5.41) is 0. The second-order valence-corrected chi connectivity index (χ2v) is 12.4. The molecule has 4 fully saturated rings. The average molecular weight is 373 g/mol. The first-order valence-electron chi connectivity index (χ1n) is 12.9. The highest BCUT2D eigenvalue weighted by Gasteiger charge is 2.59. The van der Waals surface area contributed by atoms with Crippen molar-refractivity contribution in [2.45, 2.75) is 118 Å². The molecule has 4 saturated carbocycles. The molecule has 0 aromatic heterocycles. The summed E-state index contributed by atoms with van der Waals surface area (Å²) in [6.45, 7) is 12.9. The Bertz CT molecular complexity index is 506. The molecular weight excluding hydrogens is 324 g/mol. The molecule has 0 aliphatic heterocycles. The summed E-state index contributed by atoms with van der Waals surface area (Å²) in [4.78, 5) is 0. The van der Waals surface area contributed by atoms with E-state index in [1.807, 2.05) is 0 Å². The van der Waals surface area contributed by atoms with Crippen molar-refractivity contribution in [3.63, 3.8) is 0 Å². The van der Waals surface area contributed by atoms with E-state index >= 15 is 0 Å². The Morgan fingerprint density at radius 2 is 1.52 bits per heavy atom. The maximum absolute atomic E-state index is 2.75. The fourth-order valence-electron chi connectivity index (χ4n) is 9.32. The van der Waals surface area contributed by atoms with Crippen LogP contribution in [-0.4, -0.2) is 0 Å². The zero-order valence-corrected chi connectivity index (χ0v) is 19.2. The Morgan fingerprint density at radius 3 is 2.30 bits per heavy atom. The largest absolute Gasteiger partial charge is 0.0628 e. The lowest BCUT2D eigenvalue weighted by Crippen LogP contribution is -2.53. The zero-order chi connectivity index (χ0) is 19.2. The van der Waals surface area contributed by atoms with Gasteiger partial charge in [-0.1, -0.05) is 66.7 Å². The highest BCUT2D eigenvalue weighted by molar-refractivity contribution is 5.09. The molecular formula is C27H48. The number of hydrogen-bond acceptors (Lipinski definition) is 0. The standard InChI is InChI=1S/C27H48/c1-19(2)9-8-10-20(3)23-14-15-24-22-13-12-21-11-6-7-17-26(21,4)25(22)16-18-27(23,24)5/h19-25H,6-18H2,1-5H3/t20-,21+,22+,23-,24+,25+,26-,27-/m0/s1. The first-order chi connectivity index (χ1) is 12.9. The summed E-state index contributed by atoms with van der Waals surface area (Å²) in [7, 11) is 0. The maximum atomic E-state index is 2.75. The van der Waals surface area contributed by atoms with Crippen LogP contribution >= 0.6 is 0 Å². The molecule has 0 radical (unpaired) electrons. The highest BCUT2D eigenvalue weighted by Crippen LogP contribution is 2.68. The van der Waals surface area contributed by atoms with Crippen molar-refractivity contribution in [2.75, 3.05) is 0 Å². The molecule has 0 unspecified atom stereocenters. The van der Waals surface area contributed by atoms with Crippen LogP contribution in [0.3, 0.4) is 0 Å². The van der Waals surface area contributed by atoms with E-state index in [9.17, 15) is 0 Å². The van der Waals surface area contributed by atoms with E-state index in [-0.39, 0.29) is 0 Å². The van der Waals surface area contributed by atoms with E-state index in [1.165, 1.54) is 32.1 Å². The minimum absolute atomic E-state index is 0.677. The molecule has 0 saturated heterocycles. The van der Waals surface area contributed by atoms with Gasteiger partial charge in [0.05, 0.1) is 0 Å². The van der Waals surface area contributed by atoms with Gasteiger partial charge in [0.1, 0.15) is 0 Å². The Balaban J connectivity index is 1.46. The predicted octanol–water partition coefficient (Wildman–Crippen LogP) is 8.50. The Morgan fingerprint density at radius 1 is 0.741 bits per heavy atom. The van der Waals surface area contributed by atoms with Crippen molar-refractivity contribution in [1.29, 1.82) is 0 Å². The summed E-state index contributed by atoms with van der Waals surface area (Å²) >= 11 is 0. The fraction of sp³-hybridized carbons (Fsp3) is 1.00. The van der Waals surface area contributed by atoms with Gasteiger partial charge in [0, 0.05) is 0 Å². The van der Waals surface area contributed by atoms with Gasteiger partial charge in [-0.15, -0.1) is 0 Å². The number of hydrogen-bond donors (Lipinski definition) is 0. The first kappa shape index (κ1) is 20.3. The molecule has 4 rings (SSSR count). The van der Waals surface area contributed by atoms with Crippen LogP contribution in [0.1, 0.15) is 118 Å². The topological polar surface area (TPSA) is 0 Å². The quantitative estimate of drug-likeness (QED) is 0.453. The second kappa shape index (κ2) is 7.68. The van der Waals surface area contributed by atoms with Crippen LogP contribution in [0.5, 0.6) is 0 Å². The minimum atomic E-state index is 0.677. The number of fused-ring (bicyclic) bond motifs is 5. The SMILES string of the molecule is CC(C)CCC[C@H](C)[C@@H]1CC[C@@H]2[C@H]3CC[C@H]4CCCC[C@]4(C)[C@@H]3CC[C@]21C. The molecule has 156 valence electrons. The van der Waals surface area contributed by atoms with Crippen LogP contribution in [0.4, 0.5) is 0 Å². The summed E-state index contributed by atoms with van der Waals surface area (Å²) in [6.07, 6.45) is 19.9. The van der Waals surface area contributed by atoms with Gasteiger partial charge in [0.15, 0.2) is 0 Å². The van der Waals surface area contributed by atoms with Crippen molar-refractivity contribution >= 4 is 0 Å². The molecule has 0 bridgehead atoms. The third kappa shape index (κ3) is 3.44. The lowest BCUT2D eigenvalue weighted by atomic mass is 9.44. The summed E-state index contributed by atoms with van der Waals surface area (Å²) < 4.78 is 0. The molecule has 0 heteroatoms. The average Bonchev–Trinajstić information content (AvgIpc) is 2.98. The van der Waals surface area contributed by atoms with Crippen LogP contribution in [0.25, 0.3) is 0 Å². The lowest BCUT2D eigenvalue weighted by Gasteiger charge is -2.61. The molecule has 0 spiro atoms. The third-order valence-corrected chi connectivity index (χ3v) is 10.8.